The lowest BCUT2D eigenvalue weighted by Crippen LogP contribution is -1.86. The van der Waals surface area contributed by atoms with Gasteiger partial charge in [0.1, 0.15) is 5.76 Å². The van der Waals surface area contributed by atoms with Gasteiger partial charge in [-0.15, -0.1) is 0 Å². The minimum atomic E-state index is 0.664. The van der Waals surface area contributed by atoms with Gasteiger partial charge in [0.05, 0.1) is 12.8 Å². The number of aliphatic imine (C=N–C) groups is 1. The smallest absolute Gasteiger partial charge is 0.118 e. The Hall–Kier alpha value is -1.57. The highest BCUT2D eigenvalue weighted by Crippen LogP contribution is 2.23. The molecule has 14 heavy (non-hydrogen) atoms. The molecule has 0 bridgehead atoms. The molecule has 0 saturated carbocycles. The summed E-state index contributed by atoms with van der Waals surface area (Å²) in [6.07, 6.45) is 1.78. The van der Waals surface area contributed by atoms with Gasteiger partial charge >= 0.3 is 0 Å². The van der Waals surface area contributed by atoms with Gasteiger partial charge in [-0.3, -0.25) is 4.99 Å². The number of hydrogen-bond donors (Lipinski definition) is 0. The molecule has 0 aliphatic heterocycles. The van der Waals surface area contributed by atoms with Crippen molar-refractivity contribution in [1.82, 2.24) is 0 Å². The Kier molecular flexibility index (Phi) is 3.46. The van der Waals surface area contributed by atoms with Gasteiger partial charge in [-0.1, -0.05) is 18.7 Å². The number of rotatable bonds is 3. The lowest BCUT2D eigenvalue weighted by atomic mass is 10.1. The first-order chi connectivity index (χ1) is 6.69. The molecule has 2 heteroatoms. The van der Waals surface area contributed by atoms with E-state index in [1.165, 1.54) is 0 Å². The van der Waals surface area contributed by atoms with Crippen LogP contribution in [-0.2, 0) is 4.74 Å². The van der Waals surface area contributed by atoms with Gasteiger partial charge in [0.2, 0.25) is 0 Å². The molecule has 0 aliphatic carbocycles. The molecule has 0 aromatic heterocycles. The molecule has 1 aromatic carbocycles. The fourth-order valence-electron chi connectivity index (χ4n) is 1.18. The second kappa shape index (κ2) is 4.61. The molecule has 1 rings (SSSR count). The van der Waals surface area contributed by atoms with Crippen molar-refractivity contribution in [3.63, 3.8) is 0 Å². The Labute approximate surface area is 84.9 Å². The Morgan fingerprint density at radius 2 is 2.21 bits per heavy atom. The molecule has 0 radical (unpaired) electrons. The van der Waals surface area contributed by atoms with E-state index in [0.29, 0.717) is 5.76 Å². The van der Waals surface area contributed by atoms with Gasteiger partial charge in [-0.05, 0) is 25.5 Å². The number of nitrogens with zero attached hydrogens (tertiary/aromatic N) is 1. The van der Waals surface area contributed by atoms with Crippen LogP contribution in [0.2, 0.25) is 0 Å². The quantitative estimate of drug-likeness (QED) is 0.528. The Morgan fingerprint density at radius 3 is 2.79 bits per heavy atom. The van der Waals surface area contributed by atoms with Crippen LogP contribution in [0.25, 0.3) is 5.76 Å². The normalized spacial score (nSPS) is 10.5. The summed E-state index contributed by atoms with van der Waals surface area (Å²) in [7, 11) is 1.62. The highest BCUT2D eigenvalue weighted by atomic mass is 16.5. The highest BCUT2D eigenvalue weighted by Gasteiger charge is 2.01. The van der Waals surface area contributed by atoms with Crippen molar-refractivity contribution in [3.05, 3.63) is 35.9 Å². The molecule has 0 spiro atoms. The zero-order valence-electron chi connectivity index (χ0n) is 8.87. The second-order valence-corrected chi connectivity index (χ2v) is 3.02. The molecule has 0 heterocycles. The van der Waals surface area contributed by atoms with Crippen LogP contribution in [-0.4, -0.2) is 13.3 Å². The summed E-state index contributed by atoms with van der Waals surface area (Å²) in [5.41, 5.74) is 3.08. The Morgan fingerprint density at radius 1 is 1.50 bits per heavy atom. The molecule has 0 fully saturated rings. The van der Waals surface area contributed by atoms with E-state index in [9.17, 15) is 0 Å². The summed E-state index contributed by atoms with van der Waals surface area (Å²) in [6.45, 7) is 7.73. The lowest BCUT2D eigenvalue weighted by molar-refractivity contribution is 0.371. The summed E-state index contributed by atoms with van der Waals surface area (Å²) in [5.74, 6) is 0.664. The van der Waals surface area contributed by atoms with Gasteiger partial charge in [0.25, 0.3) is 0 Å². The summed E-state index contributed by atoms with van der Waals surface area (Å²) in [4.78, 5) is 4.26. The number of benzene rings is 1. The predicted molar refractivity (Wildman–Crippen MR) is 61.0 cm³/mol. The number of methoxy groups -OCH3 is 1. The minimum Gasteiger partial charge on any atom is -0.497 e. The largest absolute Gasteiger partial charge is 0.497 e. The maximum Gasteiger partial charge on any atom is 0.118 e. The van der Waals surface area contributed by atoms with Crippen molar-refractivity contribution >= 4 is 17.7 Å². The van der Waals surface area contributed by atoms with Crippen molar-refractivity contribution in [3.8, 4) is 0 Å². The van der Waals surface area contributed by atoms with E-state index < -0.39 is 0 Å². The topological polar surface area (TPSA) is 21.6 Å². The third-order valence-electron chi connectivity index (χ3n) is 2.05. The molecule has 1 aromatic rings. The second-order valence-electron chi connectivity index (χ2n) is 3.02. The highest BCUT2D eigenvalue weighted by molar-refractivity contribution is 5.67. The summed E-state index contributed by atoms with van der Waals surface area (Å²) >= 11 is 0. The standard InChI is InChI=1S/C12H15NO/c1-5-13-12-8-11(10(3)14-4)7-6-9(12)2/h5-8H,3H2,1-2,4H3. The SMILES string of the molecule is C=C(OC)c1ccc(C)c(N=CC)c1. The van der Waals surface area contributed by atoms with Crippen molar-refractivity contribution in [1.29, 1.82) is 0 Å². The van der Waals surface area contributed by atoms with Crippen molar-refractivity contribution in [2.24, 2.45) is 4.99 Å². The van der Waals surface area contributed by atoms with E-state index in [-0.39, 0.29) is 0 Å². The molecular weight excluding hydrogens is 174 g/mol. The average Bonchev–Trinajstić information content (AvgIpc) is 2.20. The lowest BCUT2D eigenvalue weighted by Gasteiger charge is -2.06. The number of ether oxygens (including phenoxy) is 1. The van der Waals surface area contributed by atoms with Crippen molar-refractivity contribution in [2.45, 2.75) is 13.8 Å². The zero-order valence-corrected chi connectivity index (χ0v) is 8.87. The Balaban J connectivity index is 3.12. The van der Waals surface area contributed by atoms with E-state index in [2.05, 4.69) is 11.6 Å². The van der Waals surface area contributed by atoms with Crippen molar-refractivity contribution in [2.75, 3.05) is 7.11 Å². The zero-order chi connectivity index (χ0) is 10.6. The fraction of sp³-hybridized carbons (Fsp3) is 0.250. The average molecular weight is 189 g/mol. The van der Waals surface area contributed by atoms with Crippen LogP contribution in [0.3, 0.4) is 0 Å². The molecule has 0 aliphatic rings. The van der Waals surface area contributed by atoms with E-state index >= 15 is 0 Å². The van der Waals surface area contributed by atoms with Crippen LogP contribution in [0.1, 0.15) is 18.1 Å². The molecule has 2 nitrogen and oxygen atoms in total. The Bertz CT molecular complexity index is 367. The fourth-order valence-corrected chi connectivity index (χ4v) is 1.18. The van der Waals surface area contributed by atoms with Gasteiger partial charge < -0.3 is 4.74 Å². The maximum absolute atomic E-state index is 5.06. The predicted octanol–water partition coefficient (Wildman–Crippen LogP) is 3.33. The molecule has 0 saturated heterocycles. The summed E-state index contributed by atoms with van der Waals surface area (Å²) < 4.78 is 5.06. The minimum absolute atomic E-state index is 0.664. The molecule has 0 N–H and O–H groups in total. The first-order valence-corrected chi connectivity index (χ1v) is 4.51. The van der Waals surface area contributed by atoms with Crippen LogP contribution < -0.4 is 0 Å². The third kappa shape index (κ3) is 2.22. The molecule has 0 amide bonds. The van der Waals surface area contributed by atoms with E-state index in [0.717, 1.165) is 16.8 Å². The summed E-state index contributed by atoms with van der Waals surface area (Å²) in [5, 5.41) is 0. The van der Waals surface area contributed by atoms with Crippen LogP contribution in [0.15, 0.2) is 29.8 Å². The first-order valence-electron chi connectivity index (χ1n) is 4.51. The monoisotopic (exact) mass is 189 g/mol. The van der Waals surface area contributed by atoms with Gasteiger partial charge in [-0.2, -0.15) is 0 Å². The molecule has 74 valence electrons. The molecule has 0 atom stereocenters. The van der Waals surface area contributed by atoms with Crippen LogP contribution >= 0.6 is 0 Å². The van der Waals surface area contributed by atoms with Crippen molar-refractivity contribution < 1.29 is 4.74 Å². The third-order valence-corrected chi connectivity index (χ3v) is 2.05. The van der Waals surface area contributed by atoms with Crippen LogP contribution in [0, 0.1) is 6.92 Å². The van der Waals surface area contributed by atoms with Gasteiger partial charge in [-0.25, -0.2) is 0 Å². The molecule has 0 unspecified atom stereocenters. The summed E-state index contributed by atoms with van der Waals surface area (Å²) in [6, 6.07) is 5.97. The van der Waals surface area contributed by atoms with E-state index in [1.54, 1.807) is 13.3 Å². The van der Waals surface area contributed by atoms with E-state index in [1.807, 2.05) is 32.0 Å². The maximum atomic E-state index is 5.06. The number of hydrogen-bond acceptors (Lipinski definition) is 2. The van der Waals surface area contributed by atoms with E-state index in [4.69, 9.17) is 4.74 Å². The van der Waals surface area contributed by atoms with Crippen LogP contribution in [0.5, 0.6) is 0 Å². The van der Waals surface area contributed by atoms with Gasteiger partial charge in [0.15, 0.2) is 0 Å². The van der Waals surface area contributed by atoms with Gasteiger partial charge in [0, 0.05) is 11.8 Å². The first kappa shape index (κ1) is 10.5. The number of aryl methyl sites for hydroxylation is 1. The molecular formula is C12H15NO. The van der Waals surface area contributed by atoms with Crippen LogP contribution in [0.4, 0.5) is 5.69 Å².